The van der Waals surface area contributed by atoms with Gasteiger partial charge in [0.05, 0.1) is 11.0 Å². The third-order valence-electron chi connectivity index (χ3n) is 3.10. The molecule has 0 aliphatic rings. The van der Waals surface area contributed by atoms with E-state index in [-0.39, 0.29) is 11.9 Å². The Bertz CT molecular complexity index is 565. The first-order chi connectivity index (χ1) is 9.56. The van der Waals surface area contributed by atoms with Crippen LogP contribution in [0.4, 0.5) is 0 Å². The van der Waals surface area contributed by atoms with Crippen LogP contribution in [0.15, 0.2) is 42.5 Å². The monoisotopic (exact) mass is 289 g/mol. The molecule has 2 unspecified atom stereocenters. The molecule has 0 saturated heterocycles. The van der Waals surface area contributed by atoms with Crippen molar-refractivity contribution in [3.63, 3.8) is 0 Å². The molecule has 3 nitrogen and oxygen atoms in total. The molecule has 106 valence electrons. The number of benzene rings is 1. The van der Waals surface area contributed by atoms with Crippen LogP contribution in [0.25, 0.3) is 0 Å². The van der Waals surface area contributed by atoms with Crippen molar-refractivity contribution in [1.29, 1.82) is 0 Å². The molecule has 1 aromatic carbocycles. The third-order valence-corrected chi connectivity index (χ3v) is 4.10. The van der Waals surface area contributed by atoms with Gasteiger partial charge in [0.15, 0.2) is 0 Å². The third kappa shape index (κ3) is 3.92. The van der Waals surface area contributed by atoms with E-state index in [1.807, 2.05) is 56.3 Å². The minimum Gasteiger partial charge on any atom is -0.388 e. The van der Waals surface area contributed by atoms with E-state index in [1.165, 1.54) is 11.3 Å². The minimum atomic E-state index is -0.559. The van der Waals surface area contributed by atoms with E-state index in [0.29, 0.717) is 11.3 Å². The summed E-state index contributed by atoms with van der Waals surface area (Å²) in [5, 5.41) is 13.1. The molecule has 4 heteroatoms. The highest BCUT2D eigenvalue weighted by Crippen LogP contribution is 2.19. The summed E-state index contributed by atoms with van der Waals surface area (Å²) in [5.74, 6) is -0.0733. The van der Waals surface area contributed by atoms with E-state index in [2.05, 4.69) is 5.32 Å². The topological polar surface area (TPSA) is 49.3 Å². The van der Waals surface area contributed by atoms with E-state index in [0.717, 1.165) is 10.4 Å². The molecular weight excluding hydrogens is 270 g/mol. The lowest BCUT2D eigenvalue weighted by atomic mass is 10.0. The number of aliphatic hydroxyl groups excluding tert-OH is 1. The van der Waals surface area contributed by atoms with E-state index in [1.54, 1.807) is 0 Å². The predicted molar refractivity (Wildman–Crippen MR) is 82.0 cm³/mol. The fourth-order valence-corrected chi connectivity index (χ4v) is 2.83. The van der Waals surface area contributed by atoms with Crippen LogP contribution in [0.2, 0.25) is 0 Å². The smallest absolute Gasteiger partial charge is 0.261 e. The SMILES string of the molecule is Cc1ccc(C(=O)NC(C)CC(O)c2ccccc2)s1. The number of carbonyl (C=O) groups excluding carboxylic acids is 1. The summed E-state index contributed by atoms with van der Waals surface area (Å²) in [6.45, 7) is 3.88. The van der Waals surface area contributed by atoms with Crippen LogP contribution in [0.3, 0.4) is 0 Å². The molecule has 0 aliphatic heterocycles. The summed E-state index contributed by atoms with van der Waals surface area (Å²) in [6, 6.07) is 13.2. The highest BCUT2D eigenvalue weighted by molar-refractivity contribution is 7.13. The van der Waals surface area contributed by atoms with Gasteiger partial charge < -0.3 is 10.4 Å². The Morgan fingerprint density at radius 1 is 1.25 bits per heavy atom. The van der Waals surface area contributed by atoms with Gasteiger partial charge in [-0.15, -0.1) is 11.3 Å². The normalized spacial score (nSPS) is 13.8. The number of hydrogen-bond donors (Lipinski definition) is 2. The van der Waals surface area contributed by atoms with Gasteiger partial charge in [0.1, 0.15) is 0 Å². The number of carbonyl (C=O) groups is 1. The van der Waals surface area contributed by atoms with Crippen molar-refractivity contribution in [2.24, 2.45) is 0 Å². The first-order valence-electron chi connectivity index (χ1n) is 6.66. The van der Waals surface area contributed by atoms with E-state index >= 15 is 0 Å². The summed E-state index contributed by atoms with van der Waals surface area (Å²) in [6.07, 6.45) is -0.0586. The molecule has 2 atom stereocenters. The van der Waals surface area contributed by atoms with E-state index in [9.17, 15) is 9.90 Å². The van der Waals surface area contributed by atoms with Crippen LogP contribution >= 0.6 is 11.3 Å². The summed E-state index contributed by atoms with van der Waals surface area (Å²) < 4.78 is 0. The van der Waals surface area contributed by atoms with Gasteiger partial charge in [-0.1, -0.05) is 30.3 Å². The number of aliphatic hydroxyl groups is 1. The van der Waals surface area contributed by atoms with Crippen LogP contribution in [0.1, 0.15) is 39.6 Å². The van der Waals surface area contributed by atoms with Crippen molar-refractivity contribution in [2.45, 2.75) is 32.4 Å². The van der Waals surface area contributed by atoms with Crippen molar-refractivity contribution in [3.05, 3.63) is 57.8 Å². The van der Waals surface area contributed by atoms with Crippen molar-refractivity contribution in [1.82, 2.24) is 5.32 Å². The quantitative estimate of drug-likeness (QED) is 0.887. The van der Waals surface area contributed by atoms with E-state index in [4.69, 9.17) is 0 Å². The van der Waals surface area contributed by atoms with Crippen molar-refractivity contribution in [3.8, 4) is 0 Å². The molecule has 1 aromatic heterocycles. The Balaban J connectivity index is 1.89. The maximum atomic E-state index is 12.0. The van der Waals surface area contributed by atoms with Gasteiger partial charge >= 0.3 is 0 Å². The summed E-state index contributed by atoms with van der Waals surface area (Å²) >= 11 is 1.48. The second kappa shape index (κ2) is 6.68. The van der Waals surface area contributed by atoms with Crippen LogP contribution in [-0.2, 0) is 0 Å². The average molecular weight is 289 g/mol. The highest BCUT2D eigenvalue weighted by atomic mass is 32.1. The van der Waals surface area contributed by atoms with Gasteiger partial charge in [-0.2, -0.15) is 0 Å². The lowest BCUT2D eigenvalue weighted by Gasteiger charge is -2.17. The molecule has 2 N–H and O–H groups in total. The molecule has 0 aliphatic carbocycles. The van der Waals surface area contributed by atoms with Gasteiger partial charge in [0.25, 0.3) is 5.91 Å². The van der Waals surface area contributed by atoms with Gasteiger partial charge in [-0.05, 0) is 38.0 Å². The molecule has 0 fully saturated rings. The van der Waals surface area contributed by atoms with Crippen LogP contribution in [0.5, 0.6) is 0 Å². The van der Waals surface area contributed by atoms with Crippen LogP contribution in [-0.4, -0.2) is 17.1 Å². The number of rotatable bonds is 5. The molecule has 1 heterocycles. The Morgan fingerprint density at radius 2 is 1.95 bits per heavy atom. The number of aryl methyl sites for hydroxylation is 1. The van der Waals surface area contributed by atoms with Crippen molar-refractivity contribution >= 4 is 17.2 Å². The largest absolute Gasteiger partial charge is 0.388 e. The molecule has 0 saturated carbocycles. The first-order valence-corrected chi connectivity index (χ1v) is 7.48. The Morgan fingerprint density at radius 3 is 2.55 bits per heavy atom. The second-order valence-corrected chi connectivity index (χ2v) is 6.23. The molecule has 0 spiro atoms. The second-order valence-electron chi connectivity index (χ2n) is 4.95. The predicted octanol–water partition coefficient (Wildman–Crippen LogP) is 3.30. The van der Waals surface area contributed by atoms with Gasteiger partial charge in [0.2, 0.25) is 0 Å². The van der Waals surface area contributed by atoms with Crippen LogP contribution < -0.4 is 5.32 Å². The Kier molecular flexibility index (Phi) is 4.93. The molecule has 2 aromatic rings. The molecule has 1 amide bonds. The fraction of sp³-hybridized carbons (Fsp3) is 0.312. The average Bonchev–Trinajstić information content (AvgIpc) is 2.86. The summed E-state index contributed by atoms with van der Waals surface area (Å²) in [4.78, 5) is 13.8. The highest BCUT2D eigenvalue weighted by Gasteiger charge is 2.15. The Hall–Kier alpha value is -1.65. The summed E-state index contributed by atoms with van der Waals surface area (Å²) in [7, 11) is 0. The zero-order valence-electron chi connectivity index (χ0n) is 11.7. The van der Waals surface area contributed by atoms with Gasteiger partial charge in [0, 0.05) is 10.9 Å². The Labute approximate surface area is 123 Å². The molecule has 0 bridgehead atoms. The molecule has 2 rings (SSSR count). The zero-order chi connectivity index (χ0) is 14.5. The zero-order valence-corrected chi connectivity index (χ0v) is 12.5. The van der Waals surface area contributed by atoms with Crippen molar-refractivity contribution in [2.75, 3.05) is 0 Å². The number of nitrogens with one attached hydrogen (secondary N) is 1. The van der Waals surface area contributed by atoms with Crippen molar-refractivity contribution < 1.29 is 9.90 Å². The van der Waals surface area contributed by atoms with Crippen LogP contribution in [0, 0.1) is 6.92 Å². The standard InChI is InChI=1S/C16H19NO2S/c1-11(10-14(18)13-6-4-3-5-7-13)17-16(19)15-9-8-12(2)20-15/h3-9,11,14,18H,10H2,1-2H3,(H,17,19). The fourth-order valence-electron chi connectivity index (χ4n) is 2.06. The lowest BCUT2D eigenvalue weighted by Crippen LogP contribution is -2.33. The molecule has 20 heavy (non-hydrogen) atoms. The summed E-state index contributed by atoms with van der Waals surface area (Å²) in [5.41, 5.74) is 0.876. The number of thiophene rings is 1. The van der Waals surface area contributed by atoms with E-state index < -0.39 is 6.10 Å². The number of hydrogen-bond acceptors (Lipinski definition) is 3. The first kappa shape index (κ1) is 14.8. The molecule has 0 radical (unpaired) electrons. The maximum absolute atomic E-state index is 12.0. The minimum absolute atomic E-state index is 0.0733. The maximum Gasteiger partial charge on any atom is 0.261 e. The van der Waals surface area contributed by atoms with Gasteiger partial charge in [-0.25, -0.2) is 0 Å². The number of amides is 1. The lowest BCUT2D eigenvalue weighted by molar-refractivity contribution is 0.0921. The van der Waals surface area contributed by atoms with Gasteiger partial charge in [-0.3, -0.25) is 4.79 Å². The molecular formula is C16H19NO2S.